The first-order valence-electron chi connectivity index (χ1n) is 9.34. The van der Waals surface area contributed by atoms with Crippen molar-refractivity contribution in [2.45, 2.75) is 36.8 Å². The molecular formula is C21H29N3O2S2. The van der Waals surface area contributed by atoms with E-state index in [4.69, 9.17) is 0 Å². The van der Waals surface area contributed by atoms with Crippen LogP contribution in [-0.2, 0) is 10.2 Å². The van der Waals surface area contributed by atoms with E-state index in [1.807, 2.05) is 30.3 Å². The largest absolute Gasteiger partial charge is 0.392 e. The Morgan fingerprint density at radius 3 is 2.43 bits per heavy atom. The summed E-state index contributed by atoms with van der Waals surface area (Å²) in [5, 5.41) is 13.1. The van der Waals surface area contributed by atoms with E-state index in [1.54, 1.807) is 12.4 Å². The van der Waals surface area contributed by atoms with Crippen LogP contribution < -0.4 is 5.32 Å². The molecule has 1 aromatic heterocycles. The number of carbonyl (C=O) groups excluding carboxylic acids is 1. The lowest BCUT2D eigenvalue weighted by molar-refractivity contribution is -0.124. The summed E-state index contributed by atoms with van der Waals surface area (Å²) in [4.78, 5) is 19.4. The molecule has 1 saturated carbocycles. The van der Waals surface area contributed by atoms with Gasteiger partial charge in [-0.25, -0.2) is 0 Å². The standard InChI is InChI=1S/C21H25N3O2.2H2S/c25-18-8-13-24(14-18)15-19(16-4-2-1-3-5-16)23-20(26)21(9-10-21)17-6-11-22-12-7-17;;/h1-7,11-12,18-19,25H,8-10,13-15H2,(H,23,26);2*1H2/t18-,19+;;/m0../s1. The highest BCUT2D eigenvalue weighted by Gasteiger charge is 2.51. The van der Waals surface area contributed by atoms with Gasteiger partial charge in [-0.3, -0.25) is 14.7 Å². The van der Waals surface area contributed by atoms with Crippen LogP contribution in [0.4, 0.5) is 0 Å². The van der Waals surface area contributed by atoms with Gasteiger partial charge in [-0.05, 0) is 42.5 Å². The van der Waals surface area contributed by atoms with Crippen LogP contribution in [0.5, 0.6) is 0 Å². The number of nitrogens with one attached hydrogen (secondary N) is 1. The molecule has 1 saturated heterocycles. The lowest BCUT2D eigenvalue weighted by Crippen LogP contribution is -2.42. The molecule has 5 nitrogen and oxygen atoms in total. The maximum absolute atomic E-state index is 13.2. The Morgan fingerprint density at radius 1 is 1.18 bits per heavy atom. The van der Waals surface area contributed by atoms with Crippen LogP contribution in [0.25, 0.3) is 0 Å². The minimum absolute atomic E-state index is 0. The second-order valence-corrected chi connectivity index (χ2v) is 7.46. The normalized spacial score (nSPS) is 21.1. The van der Waals surface area contributed by atoms with Crippen LogP contribution in [0, 0.1) is 0 Å². The van der Waals surface area contributed by atoms with Crippen molar-refractivity contribution < 1.29 is 9.90 Å². The fraction of sp³-hybridized carbons (Fsp3) is 0.429. The highest BCUT2D eigenvalue weighted by atomic mass is 32.1. The average molecular weight is 420 g/mol. The van der Waals surface area contributed by atoms with Crippen LogP contribution in [0.1, 0.15) is 36.4 Å². The third-order valence-corrected chi connectivity index (χ3v) is 5.61. The first-order chi connectivity index (χ1) is 12.7. The predicted octanol–water partition coefficient (Wildman–Crippen LogP) is 2.26. The molecule has 2 atom stereocenters. The molecule has 0 radical (unpaired) electrons. The molecule has 0 unspecified atom stereocenters. The number of aliphatic hydroxyl groups is 1. The van der Waals surface area contributed by atoms with Gasteiger partial charge in [-0.15, -0.1) is 0 Å². The summed E-state index contributed by atoms with van der Waals surface area (Å²) in [6.45, 7) is 2.27. The second kappa shape index (κ2) is 9.78. The zero-order chi connectivity index (χ0) is 18.0. The number of nitrogens with zero attached hydrogens (tertiary/aromatic N) is 2. The van der Waals surface area contributed by atoms with Crippen LogP contribution >= 0.6 is 27.0 Å². The van der Waals surface area contributed by atoms with Gasteiger partial charge in [0.15, 0.2) is 0 Å². The highest BCUT2D eigenvalue weighted by molar-refractivity contribution is 7.59. The van der Waals surface area contributed by atoms with Crippen molar-refractivity contribution in [1.82, 2.24) is 15.2 Å². The molecule has 1 aliphatic heterocycles. The number of amides is 1. The number of carbonyl (C=O) groups is 1. The van der Waals surface area contributed by atoms with Gasteiger partial charge in [0.25, 0.3) is 0 Å². The topological polar surface area (TPSA) is 65.5 Å². The van der Waals surface area contributed by atoms with Crippen molar-refractivity contribution in [3.05, 3.63) is 66.0 Å². The predicted molar refractivity (Wildman–Crippen MR) is 120 cm³/mol. The van der Waals surface area contributed by atoms with Crippen LogP contribution in [0.2, 0.25) is 0 Å². The van der Waals surface area contributed by atoms with E-state index in [0.717, 1.165) is 43.5 Å². The Labute approximate surface area is 180 Å². The van der Waals surface area contributed by atoms with Gasteiger partial charge in [0.05, 0.1) is 17.6 Å². The average Bonchev–Trinajstić information content (AvgIpc) is 3.40. The zero-order valence-corrected chi connectivity index (χ0v) is 17.8. The van der Waals surface area contributed by atoms with Gasteiger partial charge in [0.1, 0.15) is 0 Å². The monoisotopic (exact) mass is 419 g/mol. The fourth-order valence-corrected chi connectivity index (χ4v) is 3.90. The third kappa shape index (κ3) is 4.89. The molecule has 1 amide bonds. The lowest BCUT2D eigenvalue weighted by atomic mass is 9.95. The van der Waals surface area contributed by atoms with Crippen molar-refractivity contribution >= 4 is 32.9 Å². The van der Waals surface area contributed by atoms with E-state index >= 15 is 0 Å². The number of benzene rings is 1. The Bertz CT molecular complexity index is 757. The van der Waals surface area contributed by atoms with Gasteiger partial charge in [-0.1, -0.05) is 30.3 Å². The Hall–Kier alpha value is -1.54. The minimum atomic E-state index is -0.402. The van der Waals surface area contributed by atoms with Gasteiger partial charge >= 0.3 is 0 Å². The third-order valence-electron chi connectivity index (χ3n) is 5.61. The first kappa shape index (κ1) is 22.7. The molecule has 4 rings (SSSR count). The molecule has 1 aromatic carbocycles. The smallest absolute Gasteiger partial charge is 0.231 e. The molecule has 2 heterocycles. The highest BCUT2D eigenvalue weighted by Crippen LogP contribution is 2.48. The molecular weight excluding hydrogens is 390 g/mol. The number of pyridine rings is 1. The van der Waals surface area contributed by atoms with Gasteiger partial charge in [0.2, 0.25) is 5.91 Å². The second-order valence-electron chi connectivity index (χ2n) is 7.46. The zero-order valence-electron chi connectivity index (χ0n) is 15.8. The number of hydrogen-bond donors (Lipinski definition) is 2. The molecule has 2 fully saturated rings. The van der Waals surface area contributed by atoms with E-state index in [0.29, 0.717) is 6.54 Å². The van der Waals surface area contributed by atoms with E-state index < -0.39 is 5.41 Å². The molecule has 2 aromatic rings. The summed E-state index contributed by atoms with van der Waals surface area (Å²) in [7, 11) is 0. The summed E-state index contributed by atoms with van der Waals surface area (Å²) >= 11 is 0. The number of β-amino-alcohol motifs (C(OH)–C–C–N with tert-alkyl or cyclic N) is 1. The molecule has 1 aliphatic carbocycles. The Balaban J connectivity index is 0.00000140. The van der Waals surface area contributed by atoms with Crippen LogP contribution in [0.15, 0.2) is 54.9 Å². The van der Waals surface area contributed by atoms with Crippen molar-refractivity contribution in [3.63, 3.8) is 0 Å². The Morgan fingerprint density at radius 2 is 1.86 bits per heavy atom. The molecule has 152 valence electrons. The number of aromatic nitrogens is 1. The summed E-state index contributed by atoms with van der Waals surface area (Å²) in [6.07, 6.45) is 5.82. The maximum atomic E-state index is 13.2. The molecule has 0 bridgehead atoms. The van der Waals surface area contributed by atoms with Gasteiger partial charge in [-0.2, -0.15) is 27.0 Å². The molecule has 7 heteroatoms. The maximum Gasteiger partial charge on any atom is 0.231 e. The minimum Gasteiger partial charge on any atom is -0.392 e. The summed E-state index contributed by atoms with van der Waals surface area (Å²) < 4.78 is 0. The van der Waals surface area contributed by atoms with Crippen molar-refractivity contribution in [3.8, 4) is 0 Å². The van der Waals surface area contributed by atoms with Gasteiger partial charge < -0.3 is 10.4 Å². The van der Waals surface area contributed by atoms with E-state index in [9.17, 15) is 9.90 Å². The molecule has 2 N–H and O–H groups in total. The van der Waals surface area contributed by atoms with Crippen molar-refractivity contribution in [2.24, 2.45) is 0 Å². The molecule has 2 aliphatic rings. The quantitative estimate of drug-likeness (QED) is 0.754. The van der Waals surface area contributed by atoms with Gasteiger partial charge in [0, 0.05) is 32.0 Å². The first-order valence-corrected chi connectivity index (χ1v) is 9.34. The summed E-state index contributed by atoms with van der Waals surface area (Å²) in [5.74, 6) is 0.0947. The number of aliphatic hydroxyl groups excluding tert-OH is 1. The molecule has 0 spiro atoms. The summed E-state index contributed by atoms with van der Waals surface area (Å²) in [5.41, 5.74) is 1.75. The molecule has 28 heavy (non-hydrogen) atoms. The van der Waals surface area contributed by atoms with Crippen molar-refractivity contribution in [1.29, 1.82) is 0 Å². The number of likely N-dealkylation sites (tertiary alicyclic amines) is 1. The summed E-state index contributed by atoms with van der Waals surface area (Å²) in [6, 6.07) is 13.9. The SMILES string of the molecule is O=C(N[C@H](CN1CC[C@H](O)C1)c1ccccc1)C1(c2ccncc2)CC1.S.S. The van der Waals surface area contributed by atoms with Crippen molar-refractivity contribution in [2.75, 3.05) is 19.6 Å². The lowest BCUT2D eigenvalue weighted by Gasteiger charge is -2.27. The number of hydrogen-bond acceptors (Lipinski definition) is 4. The number of rotatable bonds is 6. The fourth-order valence-electron chi connectivity index (χ4n) is 3.90. The Kier molecular flexibility index (Phi) is 7.95. The van der Waals surface area contributed by atoms with Crippen LogP contribution in [-0.4, -0.2) is 46.6 Å². The van der Waals surface area contributed by atoms with E-state index in [1.165, 1.54) is 0 Å². The van der Waals surface area contributed by atoms with E-state index in [2.05, 4.69) is 27.3 Å². The van der Waals surface area contributed by atoms with E-state index in [-0.39, 0.29) is 45.0 Å². The van der Waals surface area contributed by atoms with Crippen LogP contribution in [0.3, 0.4) is 0 Å².